The highest BCUT2D eigenvalue weighted by Gasteiger charge is 2.53. The molecule has 24 heavy (non-hydrogen) atoms. The quantitative estimate of drug-likeness (QED) is 0.606. The summed E-state index contributed by atoms with van der Waals surface area (Å²) in [6, 6.07) is 4.98. The summed E-state index contributed by atoms with van der Waals surface area (Å²) in [6.45, 7) is 0. The van der Waals surface area contributed by atoms with Crippen LogP contribution >= 0.6 is 23.2 Å². The van der Waals surface area contributed by atoms with Crippen LogP contribution in [0.4, 0.5) is 13.2 Å². The van der Waals surface area contributed by atoms with Crippen LogP contribution in [-0.4, -0.2) is 33.3 Å². The first kappa shape index (κ1) is 16.8. The minimum atomic E-state index is -4.83. The molecule has 128 valence electrons. The molecule has 2 heterocycles. The van der Waals surface area contributed by atoms with Crippen molar-refractivity contribution in [1.29, 1.82) is 0 Å². The van der Waals surface area contributed by atoms with E-state index in [1.54, 1.807) is 18.2 Å². The van der Waals surface area contributed by atoms with Gasteiger partial charge in [0.15, 0.2) is 0 Å². The number of hydrogen-bond acceptors (Lipinski definition) is 4. The van der Waals surface area contributed by atoms with E-state index in [0.717, 1.165) is 12.1 Å². The molecule has 2 unspecified atom stereocenters. The summed E-state index contributed by atoms with van der Waals surface area (Å²) in [6.07, 6.45) is -4.83. The van der Waals surface area contributed by atoms with Crippen LogP contribution in [0.1, 0.15) is 17.4 Å². The molecule has 0 bridgehead atoms. The zero-order valence-electron chi connectivity index (χ0n) is 12.0. The van der Waals surface area contributed by atoms with Gasteiger partial charge in [0.1, 0.15) is 11.4 Å². The van der Waals surface area contributed by atoms with E-state index in [1.807, 2.05) is 0 Å². The normalized spacial score (nSPS) is 20.9. The predicted molar refractivity (Wildman–Crippen MR) is 78.6 cm³/mol. The van der Waals surface area contributed by atoms with Crippen molar-refractivity contribution in [3.8, 4) is 6.01 Å². The third-order valence-corrected chi connectivity index (χ3v) is 4.12. The number of hydrogen-bond donors (Lipinski definition) is 0. The van der Waals surface area contributed by atoms with E-state index in [9.17, 15) is 18.0 Å². The molecule has 2 atom stereocenters. The lowest BCUT2D eigenvalue weighted by Crippen LogP contribution is -2.62. The number of alkyl halides is 4. The molecular weight excluding hydrogens is 372 g/mol. The Labute approximate surface area is 143 Å². The second kappa shape index (κ2) is 5.82. The van der Waals surface area contributed by atoms with Crippen LogP contribution in [0.15, 0.2) is 24.3 Å². The fourth-order valence-corrected chi connectivity index (χ4v) is 2.98. The number of amides is 1. The molecule has 0 N–H and O–H groups in total. The lowest BCUT2D eigenvalue weighted by Gasteiger charge is -2.44. The number of ether oxygens (including phenoxy) is 1. The number of β-lactam (4-membered cyclic amide) rings is 1. The molecule has 1 aromatic carbocycles. The van der Waals surface area contributed by atoms with Crippen molar-refractivity contribution >= 4 is 29.1 Å². The van der Waals surface area contributed by atoms with Gasteiger partial charge in [0, 0.05) is 5.02 Å². The zero-order valence-corrected chi connectivity index (χ0v) is 13.5. The third kappa shape index (κ3) is 2.57. The molecule has 3 rings (SSSR count). The van der Waals surface area contributed by atoms with Crippen molar-refractivity contribution in [2.45, 2.75) is 17.6 Å². The molecule has 6 nitrogen and oxygen atoms in total. The second-order valence-corrected chi connectivity index (χ2v) is 5.81. The highest BCUT2D eigenvalue weighted by Crippen LogP contribution is 2.41. The summed E-state index contributed by atoms with van der Waals surface area (Å²) in [5.41, 5.74) is 0.478. The van der Waals surface area contributed by atoms with E-state index in [1.165, 1.54) is 6.07 Å². The average Bonchev–Trinajstić information content (AvgIpc) is 2.94. The summed E-state index contributed by atoms with van der Waals surface area (Å²) in [5.74, 6) is -2.12. The van der Waals surface area contributed by atoms with Crippen LogP contribution in [-0.2, 0) is 11.0 Å². The van der Waals surface area contributed by atoms with E-state index in [0.29, 0.717) is 15.3 Å². The van der Waals surface area contributed by atoms with Gasteiger partial charge in [0.05, 0.1) is 7.11 Å². The molecule has 0 aliphatic carbocycles. The van der Waals surface area contributed by atoms with Crippen LogP contribution in [0, 0.1) is 0 Å². The lowest BCUT2D eigenvalue weighted by atomic mass is 9.95. The van der Waals surface area contributed by atoms with Gasteiger partial charge in [0.2, 0.25) is 0 Å². The second-order valence-electron chi connectivity index (χ2n) is 4.90. The van der Waals surface area contributed by atoms with Crippen molar-refractivity contribution in [3.63, 3.8) is 0 Å². The molecule has 1 aliphatic rings. The predicted octanol–water partition coefficient (Wildman–Crippen LogP) is 2.79. The number of benzene rings is 1. The molecule has 1 saturated heterocycles. The molecule has 0 spiro atoms. The molecule has 1 fully saturated rings. The van der Waals surface area contributed by atoms with Crippen molar-refractivity contribution in [2.24, 2.45) is 0 Å². The Morgan fingerprint density at radius 1 is 1.29 bits per heavy atom. The minimum Gasteiger partial charge on any atom is -0.466 e. The molecular formula is C13H9Cl2F3N4O2. The minimum absolute atomic E-state index is 0.363. The van der Waals surface area contributed by atoms with Gasteiger partial charge in [-0.15, -0.1) is 16.7 Å². The van der Waals surface area contributed by atoms with Crippen LogP contribution < -0.4 is 9.75 Å². The van der Waals surface area contributed by atoms with E-state index in [-0.39, 0.29) is 0 Å². The Balaban J connectivity index is 2.11. The number of nitrogens with zero attached hydrogens (tertiary/aromatic N) is 4. The molecule has 1 amide bonds. The van der Waals surface area contributed by atoms with E-state index < -0.39 is 35.3 Å². The van der Waals surface area contributed by atoms with E-state index >= 15 is 0 Å². The maximum atomic E-state index is 13.2. The molecule has 0 saturated carbocycles. The van der Waals surface area contributed by atoms with Crippen LogP contribution in [0.3, 0.4) is 0 Å². The summed E-state index contributed by atoms with van der Waals surface area (Å²) in [7, 11) is 1.12. The first-order valence-corrected chi connectivity index (χ1v) is 7.36. The first-order chi connectivity index (χ1) is 11.3. The number of rotatable bonds is 3. The van der Waals surface area contributed by atoms with Gasteiger partial charge < -0.3 is 4.74 Å². The fourth-order valence-electron chi connectivity index (χ4n) is 2.43. The molecule has 11 heteroatoms. The van der Waals surface area contributed by atoms with Crippen LogP contribution in [0.5, 0.6) is 6.01 Å². The van der Waals surface area contributed by atoms with Crippen molar-refractivity contribution in [1.82, 2.24) is 14.9 Å². The van der Waals surface area contributed by atoms with Gasteiger partial charge >= 0.3 is 12.2 Å². The molecule has 0 radical (unpaired) electrons. The Morgan fingerprint density at radius 3 is 2.58 bits per heavy atom. The van der Waals surface area contributed by atoms with Crippen molar-refractivity contribution in [3.05, 3.63) is 40.7 Å². The first-order valence-electron chi connectivity index (χ1n) is 6.55. The number of carbonyl (C=O) groups is 1. The molecule has 2 aromatic rings. The maximum Gasteiger partial charge on any atom is 0.453 e. The van der Waals surface area contributed by atoms with Crippen molar-refractivity contribution in [2.75, 3.05) is 12.1 Å². The highest BCUT2D eigenvalue weighted by molar-refractivity contribution is 6.36. The SMILES string of the molecule is COc1nnc(C(F)(F)F)n1N1C(=O)C(Cl)C1c1cccc(Cl)c1. The standard InChI is InChI=1S/C13H9Cl2F3N4O2/c1-24-12-20-19-11(13(16,17)18)22(12)21-9(8(15)10(21)23)6-3-2-4-7(14)5-6/h2-5,8-9H,1H3. The summed E-state index contributed by atoms with van der Waals surface area (Å²) >= 11 is 11.9. The third-order valence-electron chi connectivity index (χ3n) is 3.46. The van der Waals surface area contributed by atoms with Crippen molar-refractivity contribution < 1.29 is 22.7 Å². The summed E-state index contributed by atoms with van der Waals surface area (Å²) in [5, 5.41) is 6.51. The highest BCUT2D eigenvalue weighted by atomic mass is 35.5. The Bertz CT molecular complexity index is 796. The largest absolute Gasteiger partial charge is 0.466 e. The molecule has 1 aliphatic heterocycles. The van der Waals surface area contributed by atoms with Gasteiger partial charge in [-0.3, -0.25) is 4.79 Å². The van der Waals surface area contributed by atoms with Gasteiger partial charge in [-0.05, 0) is 17.7 Å². The van der Waals surface area contributed by atoms with Gasteiger partial charge in [-0.25, -0.2) is 5.01 Å². The number of aromatic nitrogens is 3. The fraction of sp³-hybridized carbons (Fsp3) is 0.308. The van der Waals surface area contributed by atoms with Gasteiger partial charge in [-0.1, -0.05) is 28.8 Å². The topological polar surface area (TPSA) is 60.3 Å². The van der Waals surface area contributed by atoms with Crippen LogP contribution in [0.25, 0.3) is 0 Å². The monoisotopic (exact) mass is 380 g/mol. The van der Waals surface area contributed by atoms with Gasteiger partial charge in [0.25, 0.3) is 11.7 Å². The number of methoxy groups -OCH3 is 1. The smallest absolute Gasteiger partial charge is 0.453 e. The van der Waals surface area contributed by atoms with Crippen LogP contribution in [0.2, 0.25) is 5.02 Å². The van der Waals surface area contributed by atoms with E-state index in [4.69, 9.17) is 27.9 Å². The lowest BCUT2D eigenvalue weighted by molar-refractivity contribution is -0.149. The van der Waals surface area contributed by atoms with Gasteiger partial charge in [-0.2, -0.15) is 17.8 Å². The molecule has 1 aromatic heterocycles. The number of halogens is 5. The Hall–Kier alpha value is -2.00. The summed E-state index contributed by atoms with van der Waals surface area (Å²) in [4.78, 5) is 12.1. The zero-order chi connectivity index (χ0) is 17.6. The maximum absolute atomic E-state index is 13.2. The average molecular weight is 381 g/mol. The Kier molecular flexibility index (Phi) is 4.08. The summed E-state index contributed by atoms with van der Waals surface area (Å²) < 4.78 is 44.8. The Morgan fingerprint density at radius 2 is 2.00 bits per heavy atom. The van der Waals surface area contributed by atoms with E-state index in [2.05, 4.69) is 10.2 Å². The number of carbonyl (C=O) groups excluding carboxylic acids is 1.